The number of nitrogens with one attached hydrogen (secondary N) is 2. The van der Waals surface area contributed by atoms with E-state index >= 15 is 0 Å². The van der Waals surface area contributed by atoms with Crippen molar-refractivity contribution < 1.29 is 19.2 Å². The van der Waals surface area contributed by atoms with Gasteiger partial charge in [-0.3, -0.25) is 24.1 Å². The normalized spacial score (nSPS) is 22.0. The van der Waals surface area contributed by atoms with Gasteiger partial charge in [-0.05, 0) is 70.3 Å². The topological polar surface area (TPSA) is 102 Å². The first-order chi connectivity index (χ1) is 19.5. The molecule has 2 aliphatic heterocycles. The van der Waals surface area contributed by atoms with Gasteiger partial charge < -0.3 is 20.4 Å². The van der Waals surface area contributed by atoms with E-state index in [1.165, 1.54) is 0 Å². The lowest BCUT2D eigenvalue weighted by Crippen LogP contribution is -2.60. The number of carbonyl (C=O) groups is 4. The first kappa shape index (κ1) is 35.8. The van der Waals surface area contributed by atoms with Gasteiger partial charge in [0.25, 0.3) is 0 Å². The highest BCUT2D eigenvalue weighted by molar-refractivity contribution is 5.97. The summed E-state index contributed by atoms with van der Waals surface area (Å²) in [6, 6.07) is -1.54. The number of hydrogen-bond acceptors (Lipinski definition) is 5. The Labute approximate surface area is 255 Å². The van der Waals surface area contributed by atoms with Crippen molar-refractivity contribution in [2.24, 2.45) is 17.3 Å². The van der Waals surface area contributed by atoms with E-state index < -0.39 is 17.5 Å². The van der Waals surface area contributed by atoms with Crippen LogP contribution in [0, 0.1) is 17.3 Å². The molecule has 2 rings (SSSR count). The van der Waals surface area contributed by atoms with Crippen LogP contribution in [0.3, 0.4) is 0 Å². The molecule has 0 radical (unpaired) electrons. The smallest absolute Gasteiger partial charge is 0.249 e. The lowest BCUT2D eigenvalue weighted by Gasteiger charge is -2.41. The molecule has 2 saturated heterocycles. The maximum Gasteiger partial charge on any atom is 0.249 e. The average molecular weight is 590 g/mol. The van der Waals surface area contributed by atoms with Crippen LogP contribution in [0.5, 0.6) is 0 Å². The van der Waals surface area contributed by atoms with Crippen LogP contribution in [0.1, 0.15) is 101 Å². The Bertz CT molecular complexity index is 983. The van der Waals surface area contributed by atoms with Gasteiger partial charge in [-0.25, -0.2) is 0 Å². The maximum atomic E-state index is 14.1. The molecule has 0 spiro atoms. The average Bonchev–Trinajstić information content (AvgIpc) is 3.41. The molecule has 9 nitrogen and oxygen atoms in total. The number of amides is 4. The van der Waals surface area contributed by atoms with Gasteiger partial charge >= 0.3 is 0 Å². The van der Waals surface area contributed by atoms with Crippen LogP contribution in [-0.4, -0.2) is 95.2 Å². The van der Waals surface area contributed by atoms with Crippen LogP contribution in [0.2, 0.25) is 0 Å². The number of carbonyl (C=O) groups excluding carboxylic acids is 4. The molecular weight excluding hydrogens is 530 g/mol. The van der Waals surface area contributed by atoms with Crippen molar-refractivity contribution in [2.45, 2.75) is 132 Å². The Hall–Kier alpha value is -2.42. The lowest BCUT2D eigenvalue weighted by atomic mass is 9.84. The summed E-state index contributed by atoms with van der Waals surface area (Å²) in [5.41, 5.74) is 0.00336. The number of rotatable bonds is 11. The third kappa shape index (κ3) is 9.29. The standard InChI is InChI=1S/C33H59N5O4/c1-21(2)20-34-29(39)25-16-14-18-38(25)31(41)24(7)19-27(22(3)4)36(11)32(42)28(33(8,9)10)35-30(40)26-15-12-13-17-37(26)23(5)6/h19,21-23,25-28H,12-18,20H2,1-11H3,(H,34,39)(H,35,40)/b24-19+/t25-,26?,27+,28+/m0/s1. The Morgan fingerprint density at radius 3 is 2.07 bits per heavy atom. The minimum absolute atomic E-state index is 0.0245. The maximum absolute atomic E-state index is 14.1. The molecule has 2 aliphatic rings. The SMILES string of the molecule is C/C(=C\[C@H](C(C)C)N(C)C(=O)[C@@H](NC(=O)C1CCCCN1C(C)C)C(C)(C)C)C(=O)N1CCC[C@H]1C(=O)NCC(C)C. The summed E-state index contributed by atoms with van der Waals surface area (Å²) in [7, 11) is 1.76. The zero-order valence-electron chi connectivity index (χ0n) is 28.3. The molecule has 42 heavy (non-hydrogen) atoms. The molecule has 0 aromatic rings. The van der Waals surface area contributed by atoms with Crippen LogP contribution in [0.15, 0.2) is 11.6 Å². The van der Waals surface area contributed by atoms with Crippen LogP contribution < -0.4 is 10.6 Å². The summed E-state index contributed by atoms with van der Waals surface area (Å²) in [6.45, 7) is 22.0. The van der Waals surface area contributed by atoms with E-state index in [4.69, 9.17) is 0 Å². The minimum atomic E-state index is -0.718. The van der Waals surface area contributed by atoms with Crippen molar-refractivity contribution in [3.8, 4) is 0 Å². The number of likely N-dealkylation sites (tertiary alicyclic amines) is 2. The first-order valence-electron chi connectivity index (χ1n) is 16.1. The van der Waals surface area contributed by atoms with Gasteiger partial charge in [-0.2, -0.15) is 0 Å². The Kier molecular flexibility index (Phi) is 13.1. The monoisotopic (exact) mass is 589 g/mol. The predicted octanol–water partition coefficient (Wildman–Crippen LogP) is 3.97. The summed E-state index contributed by atoms with van der Waals surface area (Å²) in [4.78, 5) is 59.6. The number of piperidine rings is 1. The third-order valence-corrected chi connectivity index (χ3v) is 8.65. The summed E-state index contributed by atoms with van der Waals surface area (Å²) < 4.78 is 0. The number of hydrogen-bond donors (Lipinski definition) is 2. The van der Waals surface area contributed by atoms with Crippen molar-refractivity contribution in [3.63, 3.8) is 0 Å². The summed E-state index contributed by atoms with van der Waals surface area (Å²) in [6.07, 6.45) is 6.16. The molecule has 2 fully saturated rings. The van der Waals surface area contributed by atoms with Gasteiger partial charge in [0, 0.05) is 31.8 Å². The molecule has 4 amide bonds. The van der Waals surface area contributed by atoms with E-state index in [1.54, 1.807) is 23.8 Å². The summed E-state index contributed by atoms with van der Waals surface area (Å²) in [5, 5.41) is 6.10. The summed E-state index contributed by atoms with van der Waals surface area (Å²) >= 11 is 0. The molecule has 2 N–H and O–H groups in total. The molecule has 2 heterocycles. The van der Waals surface area contributed by atoms with Gasteiger partial charge in [0.2, 0.25) is 23.6 Å². The van der Waals surface area contributed by atoms with Crippen LogP contribution in [-0.2, 0) is 19.2 Å². The van der Waals surface area contributed by atoms with Gasteiger partial charge in [-0.15, -0.1) is 0 Å². The molecule has 4 atom stereocenters. The Morgan fingerprint density at radius 1 is 0.905 bits per heavy atom. The largest absolute Gasteiger partial charge is 0.354 e. The highest BCUT2D eigenvalue weighted by Crippen LogP contribution is 2.27. The van der Waals surface area contributed by atoms with Crippen molar-refractivity contribution in [1.29, 1.82) is 0 Å². The van der Waals surface area contributed by atoms with Crippen LogP contribution in [0.4, 0.5) is 0 Å². The van der Waals surface area contributed by atoms with Crippen LogP contribution >= 0.6 is 0 Å². The fourth-order valence-electron chi connectivity index (χ4n) is 6.10. The zero-order valence-corrected chi connectivity index (χ0v) is 28.3. The first-order valence-corrected chi connectivity index (χ1v) is 16.1. The van der Waals surface area contributed by atoms with E-state index in [-0.39, 0.29) is 47.7 Å². The quantitative estimate of drug-likeness (QED) is 0.355. The van der Waals surface area contributed by atoms with Crippen molar-refractivity contribution >= 4 is 23.6 Å². The molecule has 0 aromatic carbocycles. The number of likely N-dealkylation sites (N-methyl/N-ethyl adjacent to an activating group) is 1. The van der Waals surface area contributed by atoms with E-state index in [0.29, 0.717) is 31.0 Å². The molecule has 0 bridgehead atoms. The summed E-state index contributed by atoms with van der Waals surface area (Å²) in [5.74, 6) is -0.187. The lowest BCUT2D eigenvalue weighted by molar-refractivity contribution is -0.142. The predicted molar refractivity (Wildman–Crippen MR) is 169 cm³/mol. The van der Waals surface area contributed by atoms with E-state index in [9.17, 15) is 19.2 Å². The molecule has 0 saturated carbocycles. The second-order valence-corrected chi connectivity index (χ2v) is 14.5. The molecule has 9 heteroatoms. The molecule has 240 valence electrons. The van der Waals surface area contributed by atoms with Gasteiger partial charge in [0.15, 0.2) is 0 Å². The van der Waals surface area contributed by atoms with Crippen molar-refractivity contribution in [1.82, 2.24) is 25.3 Å². The van der Waals surface area contributed by atoms with Crippen molar-refractivity contribution in [3.05, 3.63) is 11.6 Å². The second-order valence-electron chi connectivity index (χ2n) is 14.5. The Balaban J connectivity index is 2.25. The fourth-order valence-corrected chi connectivity index (χ4v) is 6.10. The molecular formula is C33H59N5O4. The molecule has 0 aliphatic carbocycles. The van der Waals surface area contributed by atoms with Gasteiger partial charge in [0.05, 0.1) is 12.1 Å². The Morgan fingerprint density at radius 2 is 1.52 bits per heavy atom. The van der Waals surface area contributed by atoms with Crippen LogP contribution in [0.25, 0.3) is 0 Å². The molecule has 1 unspecified atom stereocenters. The van der Waals surface area contributed by atoms with Gasteiger partial charge in [0.1, 0.15) is 12.1 Å². The van der Waals surface area contributed by atoms with Crippen molar-refractivity contribution in [2.75, 3.05) is 26.7 Å². The molecule has 0 aromatic heterocycles. The van der Waals surface area contributed by atoms with E-state index in [2.05, 4.69) is 29.4 Å². The highest BCUT2D eigenvalue weighted by Gasteiger charge is 2.40. The fraction of sp³-hybridized carbons (Fsp3) is 0.818. The third-order valence-electron chi connectivity index (χ3n) is 8.65. The van der Waals surface area contributed by atoms with E-state index in [1.807, 2.05) is 54.5 Å². The zero-order chi connectivity index (χ0) is 31.9. The van der Waals surface area contributed by atoms with Gasteiger partial charge in [-0.1, -0.05) is 61.0 Å². The van der Waals surface area contributed by atoms with E-state index in [0.717, 1.165) is 32.2 Å². The highest BCUT2D eigenvalue weighted by atomic mass is 16.2. The minimum Gasteiger partial charge on any atom is -0.354 e. The second kappa shape index (κ2) is 15.3. The number of nitrogens with zero attached hydrogens (tertiary/aromatic N) is 3.